The molecule has 142 valence electrons. The third-order valence-electron chi connectivity index (χ3n) is 4.25. The van der Waals surface area contributed by atoms with Crippen molar-refractivity contribution in [2.75, 3.05) is 14.1 Å². The van der Waals surface area contributed by atoms with Crippen molar-refractivity contribution in [2.45, 2.75) is 26.7 Å². The third-order valence-corrected chi connectivity index (χ3v) is 4.68. The Kier molecular flexibility index (Phi) is 5.88. The maximum atomic E-state index is 11.6. The zero-order valence-corrected chi connectivity index (χ0v) is 16.5. The van der Waals surface area contributed by atoms with Crippen LogP contribution < -0.4 is 5.32 Å². The Morgan fingerprint density at radius 2 is 2.04 bits per heavy atom. The molecule has 0 unspecified atom stereocenters. The van der Waals surface area contributed by atoms with Crippen molar-refractivity contribution >= 4 is 18.1 Å². The van der Waals surface area contributed by atoms with Gasteiger partial charge in [-0.3, -0.25) is 14.3 Å². The Bertz CT molecular complexity index is 957. The van der Waals surface area contributed by atoms with Gasteiger partial charge >= 0.3 is 0 Å². The average molecular weight is 385 g/mol. The van der Waals surface area contributed by atoms with E-state index in [1.54, 1.807) is 18.0 Å². The number of hydrogen-bond donors (Lipinski definition) is 1. The van der Waals surface area contributed by atoms with Gasteiger partial charge < -0.3 is 9.73 Å². The molecule has 2 heterocycles. The normalized spacial score (nSPS) is 11.1. The minimum atomic E-state index is -0.0863. The number of rotatable bonds is 7. The van der Waals surface area contributed by atoms with Crippen LogP contribution in [-0.4, -0.2) is 39.3 Å². The van der Waals surface area contributed by atoms with E-state index in [1.807, 2.05) is 54.9 Å². The molecule has 0 saturated carbocycles. The van der Waals surface area contributed by atoms with Gasteiger partial charge in [-0.2, -0.15) is 0 Å². The first-order valence-corrected chi connectivity index (χ1v) is 9.15. The van der Waals surface area contributed by atoms with Crippen LogP contribution in [-0.2, 0) is 19.8 Å². The fourth-order valence-electron chi connectivity index (χ4n) is 2.90. The summed E-state index contributed by atoms with van der Waals surface area (Å²) in [6.45, 7) is 4.02. The summed E-state index contributed by atoms with van der Waals surface area (Å²) in [7, 11) is 3.63. The van der Waals surface area contributed by atoms with Crippen molar-refractivity contribution in [2.24, 2.45) is 0 Å². The molecule has 1 N–H and O–H groups in total. The molecule has 0 saturated heterocycles. The van der Waals surface area contributed by atoms with E-state index in [2.05, 4.69) is 15.3 Å². The highest BCUT2D eigenvalue weighted by molar-refractivity contribution is 7.71. The van der Waals surface area contributed by atoms with Gasteiger partial charge in [0.1, 0.15) is 0 Å². The van der Waals surface area contributed by atoms with Crippen LogP contribution in [0.1, 0.15) is 22.8 Å². The SMILES string of the molecule is CCn1c(-c2ccco2)nn(CN(C)Cc2ccc(C(=O)NC)cc2)c1=S. The van der Waals surface area contributed by atoms with Crippen LogP contribution in [0.5, 0.6) is 0 Å². The summed E-state index contributed by atoms with van der Waals surface area (Å²) >= 11 is 5.58. The molecule has 8 heteroatoms. The number of amides is 1. The third kappa shape index (κ3) is 4.17. The molecule has 7 nitrogen and oxygen atoms in total. The van der Waals surface area contributed by atoms with Crippen molar-refractivity contribution in [1.29, 1.82) is 0 Å². The lowest BCUT2D eigenvalue weighted by Gasteiger charge is -2.16. The van der Waals surface area contributed by atoms with Gasteiger partial charge in [-0.25, -0.2) is 4.68 Å². The summed E-state index contributed by atoms with van der Waals surface area (Å²) < 4.78 is 9.90. The molecule has 1 amide bonds. The topological polar surface area (TPSA) is 68.2 Å². The van der Waals surface area contributed by atoms with E-state index in [1.165, 1.54) is 0 Å². The molecular weight excluding hydrogens is 362 g/mol. The molecule has 0 aliphatic carbocycles. The quantitative estimate of drug-likeness (QED) is 0.633. The lowest BCUT2D eigenvalue weighted by atomic mass is 10.1. The Labute approximate surface area is 163 Å². The minimum Gasteiger partial charge on any atom is -0.461 e. The Morgan fingerprint density at radius 1 is 1.30 bits per heavy atom. The number of benzene rings is 1. The fraction of sp³-hybridized carbons (Fsp3) is 0.316. The van der Waals surface area contributed by atoms with Gasteiger partial charge in [0.05, 0.1) is 12.9 Å². The molecular formula is C19H23N5O2S. The highest BCUT2D eigenvalue weighted by atomic mass is 32.1. The van der Waals surface area contributed by atoms with Gasteiger partial charge in [-0.15, -0.1) is 5.10 Å². The summed E-state index contributed by atoms with van der Waals surface area (Å²) in [5.41, 5.74) is 1.76. The van der Waals surface area contributed by atoms with Gasteiger partial charge in [-0.05, 0) is 56.0 Å². The number of hydrogen-bond acceptors (Lipinski definition) is 5. The highest BCUT2D eigenvalue weighted by Gasteiger charge is 2.15. The van der Waals surface area contributed by atoms with Gasteiger partial charge in [0.25, 0.3) is 5.91 Å². The van der Waals surface area contributed by atoms with Crippen molar-refractivity contribution < 1.29 is 9.21 Å². The molecule has 27 heavy (non-hydrogen) atoms. The minimum absolute atomic E-state index is 0.0863. The Morgan fingerprint density at radius 3 is 2.63 bits per heavy atom. The van der Waals surface area contributed by atoms with Crippen LogP contribution in [0.15, 0.2) is 47.1 Å². The Balaban J connectivity index is 1.73. The van der Waals surface area contributed by atoms with E-state index in [0.29, 0.717) is 29.3 Å². The van der Waals surface area contributed by atoms with Crippen LogP contribution in [0.4, 0.5) is 0 Å². The molecule has 3 rings (SSSR count). The molecule has 0 bridgehead atoms. The van der Waals surface area contributed by atoms with Gasteiger partial charge in [0.15, 0.2) is 16.4 Å². The van der Waals surface area contributed by atoms with Gasteiger partial charge in [0, 0.05) is 25.7 Å². The van der Waals surface area contributed by atoms with Crippen LogP contribution >= 0.6 is 12.2 Å². The molecule has 2 aromatic heterocycles. The number of carbonyl (C=O) groups excluding carboxylic acids is 1. The highest BCUT2D eigenvalue weighted by Crippen LogP contribution is 2.19. The zero-order chi connectivity index (χ0) is 19.4. The average Bonchev–Trinajstić information content (AvgIpc) is 3.30. The van der Waals surface area contributed by atoms with E-state index in [-0.39, 0.29) is 5.91 Å². The number of furan rings is 1. The standard InChI is InChI=1S/C19H23N5O2S/c1-4-23-17(16-6-5-11-26-16)21-24(19(23)27)13-22(3)12-14-7-9-15(10-8-14)18(25)20-2/h5-11H,4,12-13H2,1-3H3,(H,20,25). The van der Waals surface area contributed by atoms with Gasteiger partial charge in [0.2, 0.25) is 0 Å². The van der Waals surface area contributed by atoms with Crippen molar-refractivity contribution in [3.05, 3.63) is 58.6 Å². The second kappa shape index (κ2) is 8.32. The molecule has 3 aromatic rings. The summed E-state index contributed by atoms with van der Waals surface area (Å²) in [6.07, 6.45) is 1.63. The second-order valence-corrected chi connectivity index (χ2v) is 6.62. The first kappa shape index (κ1) is 19.1. The van der Waals surface area contributed by atoms with E-state index >= 15 is 0 Å². The first-order chi connectivity index (χ1) is 13.0. The molecule has 0 spiro atoms. The first-order valence-electron chi connectivity index (χ1n) is 8.74. The molecule has 0 atom stereocenters. The molecule has 0 aliphatic rings. The largest absolute Gasteiger partial charge is 0.461 e. The van der Waals surface area contributed by atoms with E-state index in [4.69, 9.17) is 16.6 Å². The fourth-order valence-corrected chi connectivity index (χ4v) is 3.22. The molecule has 0 fully saturated rings. The smallest absolute Gasteiger partial charge is 0.251 e. The summed E-state index contributed by atoms with van der Waals surface area (Å²) in [4.78, 5) is 13.7. The maximum Gasteiger partial charge on any atom is 0.251 e. The number of nitrogens with one attached hydrogen (secondary N) is 1. The van der Waals surface area contributed by atoms with Crippen LogP contribution in [0.2, 0.25) is 0 Å². The van der Waals surface area contributed by atoms with Crippen molar-refractivity contribution in [3.63, 3.8) is 0 Å². The second-order valence-electron chi connectivity index (χ2n) is 6.26. The molecule has 0 aliphatic heterocycles. The van der Waals surface area contributed by atoms with E-state index in [0.717, 1.165) is 17.9 Å². The number of carbonyl (C=O) groups is 1. The predicted octanol–water partition coefficient (Wildman–Crippen LogP) is 3.14. The zero-order valence-electron chi connectivity index (χ0n) is 15.7. The van der Waals surface area contributed by atoms with E-state index < -0.39 is 0 Å². The van der Waals surface area contributed by atoms with Gasteiger partial charge in [-0.1, -0.05) is 12.1 Å². The van der Waals surface area contributed by atoms with Crippen molar-refractivity contribution in [1.82, 2.24) is 24.6 Å². The van der Waals surface area contributed by atoms with Crippen LogP contribution in [0, 0.1) is 4.77 Å². The monoisotopic (exact) mass is 385 g/mol. The summed E-state index contributed by atoms with van der Waals surface area (Å²) in [5, 5.41) is 7.26. The van der Waals surface area contributed by atoms with Crippen LogP contribution in [0.25, 0.3) is 11.6 Å². The Hall–Kier alpha value is -2.71. The number of aromatic nitrogens is 3. The predicted molar refractivity (Wildman–Crippen MR) is 106 cm³/mol. The molecule has 1 aromatic carbocycles. The lowest BCUT2D eigenvalue weighted by molar-refractivity contribution is 0.0963. The summed E-state index contributed by atoms with van der Waals surface area (Å²) in [5.74, 6) is 1.35. The maximum absolute atomic E-state index is 11.6. The number of nitrogens with zero attached hydrogens (tertiary/aromatic N) is 4. The van der Waals surface area contributed by atoms with Crippen molar-refractivity contribution in [3.8, 4) is 11.6 Å². The van der Waals surface area contributed by atoms with E-state index in [9.17, 15) is 4.79 Å². The molecule has 0 radical (unpaired) electrons. The van der Waals surface area contributed by atoms with Crippen LogP contribution in [0.3, 0.4) is 0 Å². The lowest BCUT2D eigenvalue weighted by Crippen LogP contribution is -2.23. The summed E-state index contributed by atoms with van der Waals surface area (Å²) in [6, 6.07) is 11.3.